The van der Waals surface area contributed by atoms with Gasteiger partial charge in [-0.05, 0) is 26.7 Å². The SMILES string of the molecule is CCOC(=O)N1C2CC(S)C(C2)N1C(=O)OCC. The fourth-order valence-corrected chi connectivity index (χ4v) is 3.10. The molecule has 3 unspecified atom stereocenters. The molecule has 0 N–H and O–H groups in total. The molecule has 2 amide bonds. The molecule has 102 valence electrons. The van der Waals surface area contributed by atoms with Crippen LogP contribution in [0.25, 0.3) is 0 Å². The summed E-state index contributed by atoms with van der Waals surface area (Å²) in [6.07, 6.45) is 0.531. The van der Waals surface area contributed by atoms with Crippen molar-refractivity contribution in [1.29, 1.82) is 0 Å². The van der Waals surface area contributed by atoms with E-state index < -0.39 is 12.2 Å². The van der Waals surface area contributed by atoms with Gasteiger partial charge in [0.15, 0.2) is 0 Å². The maximum Gasteiger partial charge on any atom is 0.429 e. The third kappa shape index (κ3) is 2.11. The first-order valence-corrected chi connectivity index (χ1v) is 6.71. The minimum Gasteiger partial charge on any atom is -0.448 e. The molecule has 3 atom stereocenters. The first kappa shape index (κ1) is 13.3. The number of carbonyl (C=O) groups is 2. The highest BCUT2D eigenvalue weighted by Crippen LogP contribution is 2.41. The number of nitrogens with zero attached hydrogens (tertiary/aromatic N) is 2. The van der Waals surface area contributed by atoms with Crippen molar-refractivity contribution < 1.29 is 19.1 Å². The lowest BCUT2D eigenvalue weighted by Crippen LogP contribution is -2.56. The summed E-state index contributed by atoms with van der Waals surface area (Å²) in [7, 11) is 0. The average Bonchev–Trinajstić information content (AvgIpc) is 2.85. The van der Waals surface area contributed by atoms with Crippen LogP contribution in [0, 0.1) is 0 Å². The van der Waals surface area contributed by atoms with Gasteiger partial charge in [0.25, 0.3) is 0 Å². The van der Waals surface area contributed by atoms with Crippen LogP contribution < -0.4 is 0 Å². The molecule has 1 aliphatic carbocycles. The molecule has 1 heterocycles. The number of hydrogen-bond acceptors (Lipinski definition) is 5. The highest BCUT2D eigenvalue weighted by molar-refractivity contribution is 7.81. The van der Waals surface area contributed by atoms with Gasteiger partial charge in [0.05, 0.1) is 25.3 Å². The van der Waals surface area contributed by atoms with Crippen molar-refractivity contribution >= 4 is 24.8 Å². The monoisotopic (exact) mass is 274 g/mol. The molecular formula is C11H18N2O4S. The van der Waals surface area contributed by atoms with Crippen molar-refractivity contribution in [1.82, 2.24) is 10.0 Å². The molecule has 0 aromatic rings. The number of hydrazine groups is 1. The third-order valence-electron chi connectivity index (χ3n) is 3.27. The highest BCUT2D eigenvalue weighted by atomic mass is 32.1. The summed E-state index contributed by atoms with van der Waals surface area (Å²) < 4.78 is 9.97. The smallest absolute Gasteiger partial charge is 0.429 e. The minimum atomic E-state index is -0.503. The molecule has 2 bridgehead atoms. The second kappa shape index (κ2) is 5.26. The fraction of sp³-hybridized carbons (Fsp3) is 0.818. The Morgan fingerprint density at radius 1 is 1.11 bits per heavy atom. The van der Waals surface area contributed by atoms with Crippen LogP contribution in [0.15, 0.2) is 0 Å². The van der Waals surface area contributed by atoms with Gasteiger partial charge in [-0.25, -0.2) is 19.6 Å². The minimum absolute atomic E-state index is 0.0130. The van der Waals surface area contributed by atoms with Gasteiger partial charge in [-0.1, -0.05) is 0 Å². The molecule has 0 spiro atoms. The van der Waals surface area contributed by atoms with Crippen molar-refractivity contribution in [3.63, 3.8) is 0 Å². The maximum absolute atomic E-state index is 11.9. The molecular weight excluding hydrogens is 256 g/mol. The van der Waals surface area contributed by atoms with Crippen LogP contribution in [0.4, 0.5) is 9.59 Å². The van der Waals surface area contributed by atoms with E-state index in [2.05, 4.69) is 12.6 Å². The van der Waals surface area contributed by atoms with Crippen molar-refractivity contribution in [2.75, 3.05) is 13.2 Å². The average molecular weight is 274 g/mol. The van der Waals surface area contributed by atoms with Crippen LogP contribution in [0.2, 0.25) is 0 Å². The summed E-state index contributed by atoms with van der Waals surface area (Å²) >= 11 is 4.45. The van der Waals surface area contributed by atoms with Gasteiger partial charge < -0.3 is 9.47 Å². The van der Waals surface area contributed by atoms with Crippen molar-refractivity contribution in [2.24, 2.45) is 0 Å². The summed E-state index contributed by atoms with van der Waals surface area (Å²) in [4.78, 5) is 23.8. The number of fused-ring (bicyclic) bond motifs is 2. The topological polar surface area (TPSA) is 59.1 Å². The quantitative estimate of drug-likeness (QED) is 0.778. The zero-order chi connectivity index (χ0) is 13.3. The third-order valence-corrected chi connectivity index (χ3v) is 3.83. The number of rotatable bonds is 2. The van der Waals surface area contributed by atoms with E-state index >= 15 is 0 Å². The van der Waals surface area contributed by atoms with Gasteiger partial charge in [0.2, 0.25) is 0 Å². The molecule has 2 aliphatic rings. The van der Waals surface area contributed by atoms with Gasteiger partial charge in [0.1, 0.15) is 0 Å². The van der Waals surface area contributed by atoms with Gasteiger partial charge in [-0.15, -0.1) is 0 Å². The number of thiol groups is 1. The van der Waals surface area contributed by atoms with E-state index in [0.29, 0.717) is 0 Å². The Balaban J connectivity index is 2.16. The largest absolute Gasteiger partial charge is 0.448 e. The normalized spacial score (nSPS) is 29.6. The molecule has 0 aromatic heterocycles. The van der Waals surface area contributed by atoms with Gasteiger partial charge in [-0.2, -0.15) is 12.6 Å². The molecule has 1 saturated carbocycles. The van der Waals surface area contributed by atoms with Crippen LogP contribution in [-0.4, -0.2) is 52.8 Å². The Labute approximate surface area is 112 Å². The van der Waals surface area contributed by atoms with Crippen molar-refractivity contribution in [2.45, 2.75) is 44.0 Å². The molecule has 1 saturated heterocycles. The molecule has 18 heavy (non-hydrogen) atoms. The molecule has 1 aliphatic heterocycles. The summed E-state index contributed by atoms with van der Waals surface area (Å²) in [5, 5.41) is 2.84. The summed E-state index contributed by atoms with van der Waals surface area (Å²) in [5.41, 5.74) is 0. The van der Waals surface area contributed by atoms with Crippen molar-refractivity contribution in [3.8, 4) is 0 Å². The lowest BCUT2D eigenvalue weighted by molar-refractivity contribution is -0.0359. The van der Waals surface area contributed by atoms with Crippen molar-refractivity contribution in [3.05, 3.63) is 0 Å². The fourth-order valence-electron chi connectivity index (χ4n) is 2.61. The molecule has 0 radical (unpaired) electrons. The maximum atomic E-state index is 11.9. The van der Waals surface area contributed by atoms with E-state index in [9.17, 15) is 9.59 Å². The lowest BCUT2D eigenvalue weighted by Gasteiger charge is -2.38. The Bertz CT molecular complexity index is 352. The zero-order valence-electron chi connectivity index (χ0n) is 10.5. The van der Waals surface area contributed by atoms with Crippen LogP contribution >= 0.6 is 12.6 Å². The van der Waals surface area contributed by atoms with Crippen LogP contribution in [0.3, 0.4) is 0 Å². The summed E-state index contributed by atoms with van der Waals surface area (Å²) in [6.45, 7) is 4.04. The Kier molecular flexibility index (Phi) is 3.89. The summed E-state index contributed by atoms with van der Waals surface area (Å²) in [6, 6.07) is -0.0947. The number of hydrogen-bond donors (Lipinski definition) is 1. The molecule has 7 heteroatoms. The lowest BCUT2D eigenvalue weighted by atomic mass is 10.2. The van der Waals surface area contributed by atoms with E-state index in [-0.39, 0.29) is 30.5 Å². The predicted molar refractivity (Wildman–Crippen MR) is 67.3 cm³/mol. The summed E-state index contributed by atoms with van der Waals surface area (Å²) in [5.74, 6) is 0. The highest BCUT2D eigenvalue weighted by Gasteiger charge is 2.54. The Morgan fingerprint density at radius 2 is 1.67 bits per heavy atom. The second-order valence-corrected chi connectivity index (χ2v) is 5.01. The van der Waals surface area contributed by atoms with Gasteiger partial charge in [0, 0.05) is 5.25 Å². The molecule has 0 aromatic carbocycles. The van der Waals surface area contributed by atoms with E-state index in [1.165, 1.54) is 10.0 Å². The Morgan fingerprint density at radius 3 is 2.22 bits per heavy atom. The van der Waals surface area contributed by atoms with E-state index in [0.717, 1.165) is 12.8 Å². The second-order valence-electron chi connectivity index (χ2n) is 4.35. The standard InChI is InChI=1S/C11H18N2O4S/c1-3-16-10(14)12-7-5-8(9(18)6-7)13(12)11(15)17-4-2/h7-9,18H,3-6H2,1-2H3. The van der Waals surface area contributed by atoms with E-state index in [1.807, 2.05) is 0 Å². The van der Waals surface area contributed by atoms with Crippen LogP contribution in [-0.2, 0) is 9.47 Å². The molecule has 2 rings (SSSR count). The van der Waals surface area contributed by atoms with E-state index in [1.54, 1.807) is 13.8 Å². The first-order chi connectivity index (χ1) is 8.60. The van der Waals surface area contributed by atoms with Crippen LogP contribution in [0.5, 0.6) is 0 Å². The Hall–Kier alpha value is -1.11. The predicted octanol–water partition coefficient (Wildman–Crippen LogP) is 1.66. The zero-order valence-corrected chi connectivity index (χ0v) is 11.4. The van der Waals surface area contributed by atoms with Crippen LogP contribution in [0.1, 0.15) is 26.7 Å². The molecule has 6 nitrogen and oxygen atoms in total. The van der Waals surface area contributed by atoms with Gasteiger partial charge in [-0.3, -0.25) is 0 Å². The number of carbonyl (C=O) groups excluding carboxylic acids is 2. The first-order valence-electron chi connectivity index (χ1n) is 6.20. The number of ether oxygens (including phenoxy) is 2. The van der Waals surface area contributed by atoms with E-state index in [4.69, 9.17) is 9.47 Å². The van der Waals surface area contributed by atoms with Gasteiger partial charge >= 0.3 is 12.2 Å². The molecule has 2 fully saturated rings. The number of amides is 2.